The minimum atomic E-state index is -4.65. The number of hydrogen-bond donors (Lipinski definition) is 1. The lowest BCUT2D eigenvalue weighted by Crippen LogP contribution is -2.06. The van der Waals surface area contributed by atoms with E-state index in [1.54, 1.807) is 0 Å². The van der Waals surface area contributed by atoms with Crippen LogP contribution in [0.2, 0.25) is 0 Å². The van der Waals surface area contributed by atoms with Crippen LogP contribution < -0.4 is 4.74 Å². The molecule has 1 aromatic heterocycles. The fraction of sp³-hybridized carbons (Fsp3) is 0.118. The van der Waals surface area contributed by atoms with Crippen molar-refractivity contribution in [3.8, 4) is 16.9 Å². The van der Waals surface area contributed by atoms with Gasteiger partial charge in [0, 0.05) is 10.9 Å². The molecule has 0 saturated carbocycles. The highest BCUT2D eigenvalue weighted by molar-refractivity contribution is 7.85. The van der Waals surface area contributed by atoms with Gasteiger partial charge in [-0.2, -0.15) is 21.6 Å². The van der Waals surface area contributed by atoms with Gasteiger partial charge in [0.1, 0.15) is 11.9 Å². The van der Waals surface area contributed by atoms with Crippen LogP contribution in [0.4, 0.5) is 18.9 Å². The van der Waals surface area contributed by atoms with Gasteiger partial charge in [-0.15, -0.1) is 0 Å². The van der Waals surface area contributed by atoms with Crippen molar-refractivity contribution < 1.29 is 35.8 Å². The first-order chi connectivity index (χ1) is 13.4. The summed E-state index contributed by atoms with van der Waals surface area (Å²) in [5.41, 5.74) is -1.67. The summed E-state index contributed by atoms with van der Waals surface area (Å²) < 4.78 is 75.9. The molecular formula is C17H11F3N2O6S. The smallest absolute Gasteiger partial charge is 0.416 e. The molecule has 0 aliphatic carbocycles. The van der Waals surface area contributed by atoms with Crippen LogP contribution >= 0.6 is 0 Å². The molecule has 0 aliphatic rings. The zero-order valence-electron chi connectivity index (χ0n) is 14.5. The molecule has 0 radical (unpaired) electrons. The number of aromatic nitrogens is 1. The molecule has 0 amide bonds. The Morgan fingerprint density at radius 2 is 1.86 bits per heavy atom. The molecule has 0 fully saturated rings. The highest BCUT2D eigenvalue weighted by Gasteiger charge is 2.32. The minimum absolute atomic E-state index is 0.0146. The molecule has 8 nitrogen and oxygen atoms in total. The molecule has 0 aliphatic heterocycles. The van der Waals surface area contributed by atoms with Gasteiger partial charge in [0.05, 0.1) is 33.6 Å². The van der Waals surface area contributed by atoms with Gasteiger partial charge in [-0.1, -0.05) is 6.07 Å². The SMILES string of the molecule is COc1cc(C(F)(F)F)ccc1-c1c([N+](=O)[O-])cnc2cc(S(=O)(=O)O)ccc12. The number of benzene rings is 2. The summed E-state index contributed by atoms with van der Waals surface area (Å²) in [6, 6.07) is 5.65. The Morgan fingerprint density at radius 3 is 2.41 bits per heavy atom. The molecule has 0 unspecified atom stereocenters. The van der Waals surface area contributed by atoms with E-state index in [2.05, 4.69) is 4.98 Å². The lowest BCUT2D eigenvalue weighted by molar-refractivity contribution is -0.384. The molecule has 2 aromatic carbocycles. The average Bonchev–Trinajstić information content (AvgIpc) is 2.64. The number of nitro groups is 1. The number of methoxy groups -OCH3 is 1. The zero-order valence-corrected chi connectivity index (χ0v) is 15.3. The summed E-state index contributed by atoms with van der Waals surface area (Å²) >= 11 is 0. The Bertz CT molecular complexity index is 1240. The van der Waals surface area contributed by atoms with Crippen molar-refractivity contribution in [2.45, 2.75) is 11.1 Å². The van der Waals surface area contributed by atoms with Crippen LogP contribution in [-0.4, -0.2) is 30.0 Å². The van der Waals surface area contributed by atoms with Crippen LogP contribution in [0.15, 0.2) is 47.5 Å². The molecule has 1 heterocycles. The molecule has 1 N–H and O–H groups in total. The number of rotatable bonds is 4. The van der Waals surface area contributed by atoms with Crippen LogP contribution in [0.25, 0.3) is 22.0 Å². The van der Waals surface area contributed by atoms with E-state index in [-0.39, 0.29) is 27.8 Å². The summed E-state index contributed by atoms with van der Waals surface area (Å²) in [6.07, 6.45) is -3.80. The molecule has 0 spiro atoms. The van der Waals surface area contributed by atoms with Crippen molar-refractivity contribution >= 4 is 26.7 Å². The second-order valence-corrected chi connectivity index (χ2v) is 7.26. The van der Waals surface area contributed by atoms with E-state index in [4.69, 9.17) is 4.74 Å². The van der Waals surface area contributed by atoms with Crippen molar-refractivity contribution in [1.29, 1.82) is 0 Å². The minimum Gasteiger partial charge on any atom is -0.496 e. The van der Waals surface area contributed by atoms with Crippen molar-refractivity contribution in [2.24, 2.45) is 0 Å². The third-order valence-corrected chi connectivity index (χ3v) is 4.96. The van der Waals surface area contributed by atoms with Gasteiger partial charge >= 0.3 is 6.18 Å². The summed E-state index contributed by atoms with van der Waals surface area (Å²) in [5, 5.41) is 11.6. The number of nitrogens with zero attached hydrogens (tertiary/aromatic N) is 2. The number of hydrogen-bond acceptors (Lipinski definition) is 6. The lowest BCUT2D eigenvalue weighted by atomic mass is 9.97. The molecule has 0 bridgehead atoms. The van der Waals surface area contributed by atoms with Gasteiger partial charge in [-0.3, -0.25) is 14.7 Å². The van der Waals surface area contributed by atoms with Crippen LogP contribution in [0.5, 0.6) is 5.75 Å². The second kappa shape index (κ2) is 6.97. The molecule has 152 valence electrons. The van der Waals surface area contributed by atoms with E-state index >= 15 is 0 Å². The molecule has 0 atom stereocenters. The van der Waals surface area contributed by atoms with Crippen LogP contribution in [0, 0.1) is 10.1 Å². The van der Waals surface area contributed by atoms with E-state index in [1.165, 1.54) is 6.07 Å². The highest BCUT2D eigenvalue weighted by atomic mass is 32.2. The van der Waals surface area contributed by atoms with Gasteiger partial charge in [0.2, 0.25) is 0 Å². The van der Waals surface area contributed by atoms with E-state index in [9.17, 15) is 36.3 Å². The monoisotopic (exact) mass is 428 g/mol. The summed E-state index contributed by atoms with van der Waals surface area (Å²) in [6.45, 7) is 0. The summed E-state index contributed by atoms with van der Waals surface area (Å²) in [7, 11) is -3.44. The van der Waals surface area contributed by atoms with Gasteiger partial charge in [-0.25, -0.2) is 4.98 Å². The Hall–Kier alpha value is -3.25. The third-order valence-electron chi connectivity index (χ3n) is 4.11. The van der Waals surface area contributed by atoms with E-state index in [0.29, 0.717) is 6.07 Å². The number of fused-ring (bicyclic) bond motifs is 1. The van der Waals surface area contributed by atoms with Crippen molar-refractivity contribution in [2.75, 3.05) is 7.11 Å². The second-order valence-electron chi connectivity index (χ2n) is 5.84. The predicted octanol–water partition coefficient (Wildman–Crippen LogP) is 4.08. The average molecular weight is 428 g/mol. The Balaban J connectivity index is 2.38. The van der Waals surface area contributed by atoms with Gasteiger partial charge in [0.15, 0.2) is 0 Å². The summed E-state index contributed by atoms with van der Waals surface area (Å²) in [5.74, 6) is -0.269. The number of pyridine rings is 1. The summed E-state index contributed by atoms with van der Waals surface area (Å²) in [4.78, 5) is 14.1. The van der Waals surface area contributed by atoms with Crippen molar-refractivity contribution in [3.05, 3.63) is 58.3 Å². The van der Waals surface area contributed by atoms with Crippen LogP contribution in [0.3, 0.4) is 0 Å². The normalized spacial score (nSPS) is 12.2. The largest absolute Gasteiger partial charge is 0.496 e. The first-order valence-corrected chi connectivity index (χ1v) is 9.17. The predicted molar refractivity (Wildman–Crippen MR) is 95.2 cm³/mol. The van der Waals surface area contributed by atoms with Crippen molar-refractivity contribution in [3.63, 3.8) is 0 Å². The molecular weight excluding hydrogens is 417 g/mol. The Kier molecular flexibility index (Phi) is 4.92. The van der Waals surface area contributed by atoms with E-state index < -0.39 is 37.4 Å². The molecule has 29 heavy (non-hydrogen) atoms. The molecule has 3 aromatic rings. The van der Waals surface area contributed by atoms with E-state index in [1.807, 2.05) is 0 Å². The fourth-order valence-corrected chi connectivity index (χ4v) is 3.32. The maximum Gasteiger partial charge on any atom is 0.416 e. The Morgan fingerprint density at radius 1 is 1.17 bits per heavy atom. The van der Waals surface area contributed by atoms with Gasteiger partial charge in [-0.05, 0) is 30.3 Å². The molecule has 3 rings (SSSR count). The van der Waals surface area contributed by atoms with Gasteiger partial charge in [0.25, 0.3) is 15.8 Å². The first kappa shape index (κ1) is 20.5. The quantitative estimate of drug-likeness (QED) is 0.378. The van der Waals surface area contributed by atoms with Crippen LogP contribution in [-0.2, 0) is 16.3 Å². The zero-order chi connectivity index (χ0) is 21.6. The standard InChI is InChI=1S/C17H11F3N2O6S/c1-28-15-6-9(17(18,19)20)2-4-12(15)16-11-5-3-10(29(25,26)27)7-13(11)21-8-14(16)22(23)24/h2-8H,1H3,(H,25,26,27). The van der Waals surface area contributed by atoms with Crippen LogP contribution in [0.1, 0.15) is 5.56 Å². The maximum atomic E-state index is 13.0. The number of halogens is 3. The van der Waals surface area contributed by atoms with Crippen molar-refractivity contribution in [1.82, 2.24) is 4.98 Å². The molecule has 12 heteroatoms. The third kappa shape index (κ3) is 3.84. The lowest BCUT2D eigenvalue weighted by Gasteiger charge is -2.14. The topological polar surface area (TPSA) is 120 Å². The molecule has 0 saturated heterocycles. The fourth-order valence-electron chi connectivity index (χ4n) is 2.82. The van der Waals surface area contributed by atoms with E-state index in [0.717, 1.165) is 37.6 Å². The number of ether oxygens (including phenoxy) is 1. The highest BCUT2D eigenvalue weighted by Crippen LogP contribution is 2.43. The Labute approximate surface area is 161 Å². The van der Waals surface area contributed by atoms with Gasteiger partial charge < -0.3 is 4.74 Å². The first-order valence-electron chi connectivity index (χ1n) is 7.73. The maximum absolute atomic E-state index is 13.0. The number of alkyl halides is 3.